The predicted molar refractivity (Wildman–Crippen MR) is 127 cm³/mol. The van der Waals surface area contributed by atoms with Crippen LogP contribution in [0.25, 0.3) is 22.2 Å². The standard InChI is InChI=1S/C27H23ClN2O/c28-22-11-12-25-23(17-22)24(18-26(29-25)21-9-5-2-6-10-21)27(31)30-15-13-20(14-16-30)19-7-3-1-4-8-19/h1-12,17-18,20H,13-16H2. The number of piperidine rings is 1. The number of hydrogen-bond donors (Lipinski definition) is 0. The molecule has 31 heavy (non-hydrogen) atoms. The second kappa shape index (κ2) is 8.52. The smallest absolute Gasteiger partial charge is 0.254 e. The van der Waals surface area contributed by atoms with E-state index in [4.69, 9.17) is 16.6 Å². The Labute approximate surface area is 187 Å². The van der Waals surface area contributed by atoms with Gasteiger partial charge in [-0.25, -0.2) is 4.98 Å². The maximum Gasteiger partial charge on any atom is 0.254 e. The highest BCUT2D eigenvalue weighted by atomic mass is 35.5. The van der Waals surface area contributed by atoms with Crippen molar-refractivity contribution in [3.05, 3.63) is 101 Å². The van der Waals surface area contributed by atoms with Gasteiger partial charge in [-0.15, -0.1) is 0 Å². The van der Waals surface area contributed by atoms with E-state index in [0.717, 1.165) is 48.1 Å². The highest BCUT2D eigenvalue weighted by Gasteiger charge is 2.26. The number of rotatable bonds is 3. The highest BCUT2D eigenvalue weighted by molar-refractivity contribution is 6.31. The van der Waals surface area contributed by atoms with Crippen LogP contribution in [-0.4, -0.2) is 28.9 Å². The molecule has 2 heterocycles. The van der Waals surface area contributed by atoms with Crippen molar-refractivity contribution >= 4 is 28.4 Å². The molecule has 1 aliphatic heterocycles. The van der Waals surface area contributed by atoms with Crippen molar-refractivity contribution in [1.29, 1.82) is 0 Å². The molecule has 0 bridgehead atoms. The Hall–Kier alpha value is -3.17. The van der Waals surface area contributed by atoms with Gasteiger partial charge in [-0.3, -0.25) is 4.79 Å². The Bertz CT molecular complexity index is 1220. The van der Waals surface area contributed by atoms with Gasteiger partial charge in [0.25, 0.3) is 5.91 Å². The molecular weight excluding hydrogens is 404 g/mol. The van der Waals surface area contributed by atoms with E-state index in [1.54, 1.807) is 0 Å². The van der Waals surface area contributed by atoms with Gasteiger partial charge in [0.1, 0.15) is 0 Å². The molecule has 4 heteroatoms. The van der Waals surface area contributed by atoms with E-state index < -0.39 is 0 Å². The summed E-state index contributed by atoms with van der Waals surface area (Å²) < 4.78 is 0. The average Bonchev–Trinajstić information content (AvgIpc) is 2.84. The maximum atomic E-state index is 13.6. The van der Waals surface area contributed by atoms with Gasteiger partial charge in [0, 0.05) is 29.1 Å². The quantitative estimate of drug-likeness (QED) is 0.371. The summed E-state index contributed by atoms with van der Waals surface area (Å²) in [6.45, 7) is 1.51. The van der Waals surface area contributed by atoms with Crippen molar-refractivity contribution in [2.24, 2.45) is 0 Å². The number of pyridine rings is 1. The van der Waals surface area contributed by atoms with Gasteiger partial charge >= 0.3 is 0 Å². The van der Waals surface area contributed by atoms with Gasteiger partial charge in [-0.2, -0.15) is 0 Å². The number of halogens is 1. The predicted octanol–water partition coefficient (Wildman–Crippen LogP) is 6.58. The fourth-order valence-electron chi connectivity index (χ4n) is 4.44. The average molecular weight is 427 g/mol. The minimum Gasteiger partial charge on any atom is -0.339 e. The summed E-state index contributed by atoms with van der Waals surface area (Å²) in [7, 11) is 0. The first-order valence-electron chi connectivity index (χ1n) is 10.7. The number of carbonyl (C=O) groups is 1. The minimum atomic E-state index is 0.0540. The fraction of sp³-hybridized carbons (Fsp3) is 0.185. The van der Waals surface area contributed by atoms with Crippen LogP contribution in [0.5, 0.6) is 0 Å². The Morgan fingerprint density at radius 3 is 2.26 bits per heavy atom. The lowest BCUT2D eigenvalue weighted by molar-refractivity contribution is 0.0715. The van der Waals surface area contributed by atoms with Crippen molar-refractivity contribution in [2.45, 2.75) is 18.8 Å². The molecule has 3 nitrogen and oxygen atoms in total. The van der Waals surface area contributed by atoms with E-state index in [1.807, 2.05) is 65.6 Å². The van der Waals surface area contributed by atoms with Gasteiger partial charge in [-0.05, 0) is 48.6 Å². The van der Waals surface area contributed by atoms with Crippen LogP contribution in [0, 0.1) is 0 Å². The van der Waals surface area contributed by atoms with Crippen molar-refractivity contribution in [2.75, 3.05) is 13.1 Å². The number of amides is 1. The normalized spacial score (nSPS) is 14.7. The molecule has 5 rings (SSSR count). The first-order valence-corrected chi connectivity index (χ1v) is 11.1. The molecule has 3 aromatic carbocycles. The van der Waals surface area contributed by atoms with E-state index >= 15 is 0 Å². The van der Waals surface area contributed by atoms with Crippen LogP contribution in [0.2, 0.25) is 5.02 Å². The molecule has 0 N–H and O–H groups in total. The van der Waals surface area contributed by atoms with Crippen molar-refractivity contribution in [3.8, 4) is 11.3 Å². The van der Waals surface area contributed by atoms with Gasteiger partial charge < -0.3 is 4.90 Å². The van der Waals surface area contributed by atoms with Crippen molar-refractivity contribution in [1.82, 2.24) is 9.88 Å². The lowest BCUT2D eigenvalue weighted by Gasteiger charge is -2.32. The van der Waals surface area contributed by atoms with Gasteiger partial charge in [0.05, 0.1) is 16.8 Å². The molecule has 0 radical (unpaired) electrons. The molecule has 1 amide bonds. The molecular formula is C27H23ClN2O. The van der Waals surface area contributed by atoms with Crippen LogP contribution in [0.1, 0.15) is 34.7 Å². The Morgan fingerprint density at radius 1 is 0.871 bits per heavy atom. The second-order valence-corrected chi connectivity index (χ2v) is 8.50. The van der Waals surface area contributed by atoms with E-state index in [1.165, 1.54) is 5.56 Å². The molecule has 1 aromatic heterocycles. The molecule has 1 saturated heterocycles. The number of carbonyl (C=O) groups excluding carboxylic acids is 1. The third-order valence-corrected chi connectivity index (χ3v) is 6.36. The van der Waals surface area contributed by atoms with E-state index in [9.17, 15) is 4.79 Å². The molecule has 0 aliphatic carbocycles. The minimum absolute atomic E-state index is 0.0540. The molecule has 4 aromatic rings. The van der Waals surface area contributed by atoms with Crippen LogP contribution in [0.4, 0.5) is 0 Å². The number of fused-ring (bicyclic) bond motifs is 1. The summed E-state index contributed by atoms with van der Waals surface area (Å²) in [5.41, 5.74) is 4.62. The summed E-state index contributed by atoms with van der Waals surface area (Å²) in [5.74, 6) is 0.562. The van der Waals surface area contributed by atoms with Crippen LogP contribution < -0.4 is 0 Å². The third kappa shape index (κ3) is 4.06. The topological polar surface area (TPSA) is 33.2 Å². The Kier molecular flexibility index (Phi) is 5.44. The first-order chi connectivity index (χ1) is 15.2. The summed E-state index contributed by atoms with van der Waals surface area (Å²) in [5, 5.41) is 1.42. The van der Waals surface area contributed by atoms with Crippen LogP contribution in [0.15, 0.2) is 84.9 Å². The number of benzene rings is 3. The zero-order valence-corrected chi connectivity index (χ0v) is 17.9. The largest absolute Gasteiger partial charge is 0.339 e. The number of hydrogen-bond acceptors (Lipinski definition) is 2. The molecule has 0 spiro atoms. The number of nitrogens with zero attached hydrogens (tertiary/aromatic N) is 2. The van der Waals surface area contributed by atoms with Gasteiger partial charge in [0.15, 0.2) is 0 Å². The molecule has 0 atom stereocenters. The first kappa shape index (κ1) is 19.8. The van der Waals surface area contributed by atoms with E-state index in [0.29, 0.717) is 16.5 Å². The molecule has 1 aliphatic rings. The van der Waals surface area contributed by atoms with Crippen LogP contribution in [0.3, 0.4) is 0 Å². The van der Waals surface area contributed by atoms with E-state index in [-0.39, 0.29) is 5.91 Å². The summed E-state index contributed by atoms with van der Waals surface area (Å²) in [6, 6.07) is 28.1. The lowest BCUT2D eigenvalue weighted by atomic mass is 9.89. The monoisotopic (exact) mass is 426 g/mol. The summed E-state index contributed by atoms with van der Waals surface area (Å²) in [6.07, 6.45) is 1.95. The summed E-state index contributed by atoms with van der Waals surface area (Å²) >= 11 is 6.27. The molecule has 154 valence electrons. The highest BCUT2D eigenvalue weighted by Crippen LogP contribution is 2.31. The second-order valence-electron chi connectivity index (χ2n) is 8.06. The zero-order chi connectivity index (χ0) is 21.2. The van der Waals surface area contributed by atoms with Crippen LogP contribution in [-0.2, 0) is 0 Å². The molecule has 0 unspecified atom stereocenters. The Balaban J connectivity index is 1.47. The fourth-order valence-corrected chi connectivity index (χ4v) is 4.62. The van der Waals surface area contributed by atoms with Crippen molar-refractivity contribution < 1.29 is 4.79 Å². The third-order valence-electron chi connectivity index (χ3n) is 6.12. The molecule has 1 fully saturated rings. The lowest BCUT2D eigenvalue weighted by Crippen LogP contribution is -2.38. The van der Waals surface area contributed by atoms with Gasteiger partial charge in [-0.1, -0.05) is 72.3 Å². The molecule has 0 saturated carbocycles. The Morgan fingerprint density at radius 2 is 1.55 bits per heavy atom. The van der Waals surface area contributed by atoms with Gasteiger partial charge in [0.2, 0.25) is 0 Å². The SMILES string of the molecule is O=C(c1cc(-c2ccccc2)nc2ccc(Cl)cc12)N1CCC(c2ccccc2)CC1. The maximum absolute atomic E-state index is 13.6. The zero-order valence-electron chi connectivity index (χ0n) is 17.2. The summed E-state index contributed by atoms with van der Waals surface area (Å²) in [4.78, 5) is 20.4. The number of likely N-dealkylation sites (tertiary alicyclic amines) is 1. The van der Waals surface area contributed by atoms with Crippen molar-refractivity contribution in [3.63, 3.8) is 0 Å². The number of aromatic nitrogens is 1. The van der Waals surface area contributed by atoms with Crippen LogP contribution >= 0.6 is 11.6 Å². The van der Waals surface area contributed by atoms with E-state index in [2.05, 4.69) is 24.3 Å².